The Morgan fingerprint density at radius 1 is 1.35 bits per heavy atom. The Labute approximate surface area is 107 Å². The minimum atomic E-state index is 0.458. The summed E-state index contributed by atoms with van der Waals surface area (Å²) >= 11 is 0. The maximum atomic E-state index is 3.69. The highest BCUT2D eigenvalue weighted by Gasteiger charge is 2.29. The fraction of sp³-hybridized carbons (Fsp3) is 1.00. The van der Waals surface area contributed by atoms with Crippen LogP contribution >= 0.6 is 0 Å². The Kier molecular flexibility index (Phi) is 4.48. The molecule has 0 bridgehead atoms. The summed E-state index contributed by atoms with van der Waals surface area (Å²) in [6.45, 7) is 11.0. The van der Waals surface area contributed by atoms with Crippen LogP contribution in [0.4, 0.5) is 0 Å². The van der Waals surface area contributed by atoms with Crippen molar-refractivity contribution in [2.75, 3.05) is 19.6 Å². The largest absolute Gasteiger partial charge is 0.312 e. The second-order valence-electron chi connectivity index (χ2n) is 6.73. The molecule has 2 rings (SSSR count). The summed E-state index contributed by atoms with van der Waals surface area (Å²) in [6.07, 6.45) is 8.43. The lowest BCUT2D eigenvalue weighted by molar-refractivity contribution is 0.129. The van der Waals surface area contributed by atoms with E-state index < -0.39 is 0 Å². The van der Waals surface area contributed by atoms with Gasteiger partial charge in [-0.2, -0.15) is 0 Å². The van der Waals surface area contributed by atoms with Gasteiger partial charge in [0.2, 0.25) is 0 Å². The van der Waals surface area contributed by atoms with Crippen LogP contribution in [0.5, 0.6) is 0 Å². The van der Waals surface area contributed by atoms with Crippen molar-refractivity contribution in [2.24, 2.45) is 5.92 Å². The van der Waals surface area contributed by atoms with Crippen LogP contribution in [0.15, 0.2) is 0 Å². The summed E-state index contributed by atoms with van der Waals surface area (Å²) in [5.74, 6) is 0.949. The molecular weight excluding hydrogens is 208 g/mol. The van der Waals surface area contributed by atoms with Crippen molar-refractivity contribution >= 4 is 0 Å². The number of likely N-dealkylation sites (tertiary alicyclic amines) is 1. The topological polar surface area (TPSA) is 15.3 Å². The SMILES string of the molecule is CC(C)N1CCCC(CCC2(C)CCCN2)C1. The first kappa shape index (κ1) is 13.4. The summed E-state index contributed by atoms with van der Waals surface area (Å²) in [5, 5.41) is 3.69. The van der Waals surface area contributed by atoms with Gasteiger partial charge in [0, 0.05) is 18.1 Å². The number of rotatable bonds is 4. The maximum Gasteiger partial charge on any atom is 0.0153 e. The van der Waals surface area contributed by atoms with Crippen molar-refractivity contribution in [1.29, 1.82) is 0 Å². The Morgan fingerprint density at radius 3 is 2.82 bits per heavy atom. The molecule has 0 aromatic carbocycles. The van der Waals surface area contributed by atoms with Gasteiger partial charge < -0.3 is 10.2 Å². The van der Waals surface area contributed by atoms with Crippen molar-refractivity contribution in [3.63, 3.8) is 0 Å². The van der Waals surface area contributed by atoms with E-state index in [9.17, 15) is 0 Å². The number of piperidine rings is 1. The lowest BCUT2D eigenvalue weighted by Gasteiger charge is -2.36. The molecular formula is C15H30N2. The Balaban J connectivity index is 1.75. The van der Waals surface area contributed by atoms with E-state index in [-0.39, 0.29) is 0 Å². The molecule has 17 heavy (non-hydrogen) atoms. The van der Waals surface area contributed by atoms with Gasteiger partial charge in [-0.15, -0.1) is 0 Å². The highest BCUT2D eigenvalue weighted by molar-refractivity contribution is 4.89. The molecule has 0 radical (unpaired) electrons. The van der Waals surface area contributed by atoms with Crippen LogP contribution in [0.25, 0.3) is 0 Å². The van der Waals surface area contributed by atoms with Gasteiger partial charge in [-0.1, -0.05) is 0 Å². The summed E-state index contributed by atoms with van der Waals surface area (Å²) in [4.78, 5) is 2.67. The fourth-order valence-corrected chi connectivity index (χ4v) is 3.50. The van der Waals surface area contributed by atoms with Crippen LogP contribution in [0.2, 0.25) is 0 Å². The van der Waals surface area contributed by atoms with Crippen molar-refractivity contribution < 1.29 is 0 Å². The first-order chi connectivity index (χ1) is 8.09. The van der Waals surface area contributed by atoms with Gasteiger partial charge in [0.05, 0.1) is 0 Å². The monoisotopic (exact) mass is 238 g/mol. The summed E-state index contributed by atoms with van der Waals surface area (Å²) in [6, 6.07) is 0.734. The van der Waals surface area contributed by atoms with Crippen LogP contribution in [0.3, 0.4) is 0 Å². The average molecular weight is 238 g/mol. The molecule has 2 heteroatoms. The molecule has 0 aromatic heterocycles. The molecule has 0 spiro atoms. The predicted octanol–water partition coefficient (Wildman–Crippen LogP) is 3.03. The first-order valence-corrected chi connectivity index (χ1v) is 7.58. The zero-order valence-corrected chi connectivity index (χ0v) is 12.0. The number of nitrogens with zero attached hydrogens (tertiary/aromatic N) is 1. The van der Waals surface area contributed by atoms with Crippen LogP contribution in [0.1, 0.15) is 59.3 Å². The van der Waals surface area contributed by atoms with Crippen molar-refractivity contribution in [1.82, 2.24) is 10.2 Å². The van der Waals surface area contributed by atoms with Crippen LogP contribution in [-0.4, -0.2) is 36.1 Å². The molecule has 2 atom stereocenters. The van der Waals surface area contributed by atoms with Crippen molar-refractivity contribution in [3.05, 3.63) is 0 Å². The highest BCUT2D eigenvalue weighted by Crippen LogP contribution is 2.29. The molecule has 0 aliphatic carbocycles. The van der Waals surface area contributed by atoms with Gasteiger partial charge in [-0.3, -0.25) is 0 Å². The standard InChI is InChI=1S/C15H30N2/c1-13(2)17-11-4-6-14(12-17)7-9-15(3)8-5-10-16-15/h13-14,16H,4-12H2,1-3H3. The number of hydrogen-bond donors (Lipinski definition) is 1. The second kappa shape index (κ2) is 5.71. The first-order valence-electron chi connectivity index (χ1n) is 7.58. The summed E-state index contributed by atoms with van der Waals surface area (Å²) in [7, 11) is 0. The molecule has 2 aliphatic heterocycles. The van der Waals surface area contributed by atoms with E-state index in [1.807, 2.05) is 0 Å². The minimum absolute atomic E-state index is 0.458. The molecule has 2 aliphatic rings. The molecule has 2 unspecified atom stereocenters. The molecule has 0 amide bonds. The van der Waals surface area contributed by atoms with Gasteiger partial charge in [0.25, 0.3) is 0 Å². The molecule has 100 valence electrons. The molecule has 1 N–H and O–H groups in total. The number of nitrogens with one attached hydrogen (secondary N) is 1. The number of hydrogen-bond acceptors (Lipinski definition) is 2. The lowest BCUT2D eigenvalue weighted by atomic mass is 9.86. The van der Waals surface area contributed by atoms with Gasteiger partial charge in [0.15, 0.2) is 0 Å². The zero-order valence-electron chi connectivity index (χ0n) is 12.0. The normalized spacial score (nSPS) is 35.6. The van der Waals surface area contributed by atoms with E-state index in [2.05, 4.69) is 31.0 Å². The Hall–Kier alpha value is -0.0800. The van der Waals surface area contributed by atoms with E-state index in [1.54, 1.807) is 0 Å². The molecule has 0 saturated carbocycles. The maximum absolute atomic E-state index is 3.69. The van der Waals surface area contributed by atoms with E-state index in [0.29, 0.717) is 5.54 Å². The Bertz CT molecular complexity index is 231. The minimum Gasteiger partial charge on any atom is -0.312 e. The average Bonchev–Trinajstić information content (AvgIpc) is 2.75. The van der Waals surface area contributed by atoms with Gasteiger partial charge in [-0.05, 0) is 78.3 Å². The zero-order chi connectivity index (χ0) is 12.3. The lowest BCUT2D eigenvalue weighted by Crippen LogP contribution is -2.41. The summed E-state index contributed by atoms with van der Waals surface area (Å²) < 4.78 is 0. The van der Waals surface area contributed by atoms with E-state index in [4.69, 9.17) is 0 Å². The van der Waals surface area contributed by atoms with Gasteiger partial charge in [0.1, 0.15) is 0 Å². The van der Waals surface area contributed by atoms with Gasteiger partial charge >= 0.3 is 0 Å². The van der Waals surface area contributed by atoms with E-state index in [0.717, 1.165) is 12.0 Å². The van der Waals surface area contributed by atoms with Crippen LogP contribution in [-0.2, 0) is 0 Å². The smallest absolute Gasteiger partial charge is 0.0153 e. The molecule has 2 nitrogen and oxygen atoms in total. The van der Waals surface area contributed by atoms with Crippen molar-refractivity contribution in [3.8, 4) is 0 Å². The molecule has 2 fully saturated rings. The third-order valence-corrected chi connectivity index (χ3v) is 4.84. The second-order valence-corrected chi connectivity index (χ2v) is 6.73. The summed E-state index contributed by atoms with van der Waals surface area (Å²) in [5.41, 5.74) is 0.458. The Morgan fingerprint density at radius 2 is 2.18 bits per heavy atom. The third-order valence-electron chi connectivity index (χ3n) is 4.84. The van der Waals surface area contributed by atoms with Crippen LogP contribution < -0.4 is 5.32 Å². The van der Waals surface area contributed by atoms with Crippen LogP contribution in [0, 0.1) is 5.92 Å². The van der Waals surface area contributed by atoms with Gasteiger partial charge in [-0.25, -0.2) is 0 Å². The van der Waals surface area contributed by atoms with E-state index >= 15 is 0 Å². The molecule has 2 heterocycles. The predicted molar refractivity (Wildman–Crippen MR) is 74.3 cm³/mol. The quantitative estimate of drug-likeness (QED) is 0.810. The third kappa shape index (κ3) is 3.69. The molecule has 0 aromatic rings. The fourth-order valence-electron chi connectivity index (χ4n) is 3.50. The highest BCUT2D eigenvalue weighted by atomic mass is 15.2. The molecule has 2 saturated heterocycles. The van der Waals surface area contributed by atoms with E-state index in [1.165, 1.54) is 58.2 Å². The van der Waals surface area contributed by atoms with Crippen molar-refractivity contribution in [2.45, 2.75) is 70.9 Å².